The molecule has 30 heavy (non-hydrogen) atoms. The topological polar surface area (TPSA) is 98.2 Å². The number of hydrogen-bond donors (Lipinski definition) is 2. The van der Waals surface area contributed by atoms with Crippen LogP contribution in [0, 0.1) is 0 Å². The molecule has 3 N–H and O–H groups in total. The van der Waals surface area contributed by atoms with E-state index in [1.165, 1.54) is 4.68 Å². The van der Waals surface area contributed by atoms with Crippen LogP contribution >= 0.6 is 22.7 Å². The number of aromatic nitrogens is 3. The molecule has 0 aliphatic rings. The molecular weight excluding hydrogens is 416 g/mol. The molecule has 1 amide bonds. The Morgan fingerprint density at radius 2 is 1.83 bits per heavy atom. The monoisotopic (exact) mass is 432 g/mol. The van der Waals surface area contributed by atoms with Gasteiger partial charge in [0, 0.05) is 9.75 Å². The van der Waals surface area contributed by atoms with E-state index >= 15 is 0 Å². The second kappa shape index (κ2) is 7.69. The van der Waals surface area contributed by atoms with Gasteiger partial charge in [0.2, 0.25) is 0 Å². The minimum absolute atomic E-state index is 0.205. The molecule has 5 aromatic rings. The lowest BCUT2D eigenvalue weighted by atomic mass is 10.2. The molecule has 0 bridgehead atoms. The first-order valence-electron chi connectivity index (χ1n) is 9.16. The van der Waals surface area contributed by atoms with Crippen molar-refractivity contribution in [2.45, 2.75) is 6.54 Å². The van der Waals surface area contributed by atoms with E-state index in [1.807, 2.05) is 59.3 Å². The second-order valence-corrected chi connectivity index (χ2v) is 8.49. The fourth-order valence-corrected chi connectivity index (χ4v) is 4.36. The number of benzene rings is 1. The highest BCUT2D eigenvalue weighted by Crippen LogP contribution is 2.28. The molecule has 0 unspecified atom stereocenters. The number of carbonyl (C=O) groups is 1. The molecular formula is C21H16N6OS2. The van der Waals surface area contributed by atoms with E-state index in [1.54, 1.807) is 28.9 Å². The largest absolute Gasteiger partial charge is 0.383 e. The number of anilines is 1. The van der Waals surface area contributed by atoms with Gasteiger partial charge < -0.3 is 11.1 Å². The minimum atomic E-state index is -0.305. The summed E-state index contributed by atoms with van der Waals surface area (Å²) in [5.74, 6) is -0.0997. The molecule has 0 spiro atoms. The average molecular weight is 433 g/mol. The maximum Gasteiger partial charge on any atom is 0.257 e. The van der Waals surface area contributed by atoms with Crippen LogP contribution in [0.4, 0.5) is 5.82 Å². The number of nitrogen functional groups attached to an aromatic ring is 1. The Morgan fingerprint density at radius 3 is 2.57 bits per heavy atom. The number of nitrogens with two attached hydrogens (primary N) is 1. The molecule has 1 aromatic carbocycles. The number of rotatable bonds is 5. The number of para-hydroxylation sites is 2. The Morgan fingerprint density at radius 1 is 1.07 bits per heavy atom. The van der Waals surface area contributed by atoms with E-state index in [4.69, 9.17) is 5.73 Å². The first-order valence-corrected chi connectivity index (χ1v) is 10.9. The van der Waals surface area contributed by atoms with Crippen molar-refractivity contribution in [3.8, 4) is 0 Å². The molecule has 7 nitrogen and oxygen atoms in total. The molecule has 4 aromatic heterocycles. The Hall–Kier alpha value is -3.56. The van der Waals surface area contributed by atoms with Crippen LogP contribution in [0.1, 0.15) is 20.1 Å². The van der Waals surface area contributed by atoms with Gasteiger partial charge in [-0.3, -0.25) is 4.79 Å². The number of fused-ring (bicyclic) bond motifs is 2. The van der Waals surface area contributed by atoms with Crippen LogP contribution in [0.5, 0.6) is 0 Å². The summed E-state index contributed by atoms with van der Waals surface area (Å²) in [5.41, 5.74) is 8.94. The van der Waals surface area contributed by atoms with Crippen LogP contribution in [-0.2, 0) is 6.54 Å². The lowest BCUT2D eigenvalue weighted by molar-refractivity contribution is 0.0953. The molecule has 0 atom stereocenters. The Labute approximate surface area is 179 Å². The number of nitrogens with one attached hydrogen (secondary N) is 1. The highest BCUT2D eigenvalue weighted by atomic mass is 32.1. The van der Waals surface area contributed by atoms with Gasteiger partial charge in [-0.15, -0.1) is 22.7 Å². The van der Waals surface area contributed by atoms with Crippen molar-refractivity contribution in [2.75, 3.05) is 5.73 Å². The third-order valence-corrected chi connectivity index (χ3v) is 6.23. The van der Waals surface area contributed by atoms with Crippen molar-refractivity contribution in [1.82, 2.24) is 20.0 Å². The Bertz CT molecular complexity index is 1370. The fourth-order valence-electron chi connectivity index (χ4n) is 3.14. The zero-order chi connectivity index (χ0) is 20.5. The standard InChI is InChI=1S/C21H16N6OS2/c22-19-17(21(28)23-11-13-5-3-9-29-13)18-20(26-16-8-2-1-7-15(16)25-18)27(19)24-12-14-6-4-10-30-14/h1-10,12H,11,22H2,(H,23,28)/b24-12+. The first kappa shape index (κ1) is 18.5. The lowest BCUT2D eigenvalue weighted by Gasteiger charge is -2.04. The summed E-state index contributed by atoms with van der Waals surface area (Å²) >= 11 is 3.14. The predicted octanol–water partition coefficient (Wildman–Crippen LogP) is 4.10. The summed E-state index contributed by atoms with van der Waals surface area (Å²) in [4.78, 5) is 24.4. The van der Waals surface area contributed by atoms with Gasteiger partial charge in [-0.25, -0.2) is 9.97 Å². The predicted molar refractivity (Wildman–Crippen MR) is 122 cm³/mol. The zero-order valence-corrected chi connectivity index (χ0v) is 17.3. The average Bonchev–Trinajstić information content (AvgIpc) is 3.50. The smallest absolute Gasteiger partial charge is 0.257 e. The van der Waals surface area contributed by atoms with E-state index < -0.39 is 0 Å². The summed E-state index contributed by atoms with van der Waals surface area (Å²) in [5, 5.41) is 11.4. The highest BCUT2D eigenvalue weighted by molar-refractivity contribution is 7.11. The quantitative estimate of drug-likeness (QED) is 0.409. The van der Waals surface area contributed by atoms with E-state index in [2.05, 4.69) is 20.4 Å². The van der Waals surface area contributed by atoms with Gasteiger partial charge in [-0.2, -0.15) is 9.78 Å². The molecule has 9 heteroatoms. The summed E-state index contributed by atoms with van der Waals surface area (Å²) in [6.07, 6.45) is 1.70. The van der Waals surface area contributed by atoms with Crippen molar-refractivity contribution in [2.24, 2.45) is 5.10 Å². The van der Waals surface area contributed by atoms with Gasteiger partial charge in [0.15, 0.2) is 5.65 Å². The third kappa shape index (κ3) is 3.34. The molecule has 5 rings (SSSR count). The normalized spacial score (nSPS) is 11.6. The lowest BCUT2D eigenvalue weighted by Crippen LogP contribution is -2.23. The molecule has 0 saturated heterocycles. The van der Waals surface area contributed by atoms with Gasteiger partial charge in [0.1, 0.15) is 16.9 Å². The number of amides is 1. The first-order chi connectivity index (χ1) is 14.7. The van der Waals surface area contributed by atoms with Crippen LogP contribution in [0.15, 0.2) is 64.4 Å². The van der Waals surface area contributed by atoms with Gasteiger partial charge in [-0.1, -0.05) is 24.3 Å². The third-order valence-electron chi connectivity index (χ3n) is 4.55. The van der Waals surface area contributed by atoms with Gasteiger partial charge in [0.25, 0.3) is 5.91 Å². The molecule has 0 aliphatic carbocycles. The van der Waals surface area contributed by atoms with Crippen LogP contribution in [-0.4, -0.2) is 26.8 Å². The zero-order valence-electron chi connectivity index (χ0n) is 15.6. The van der Waals surface area contributed by atoms with Crippen molar-refractivity contribution in [3.63, 3.8) is 0 Å². The maximum absolute atomic E-state index is 13.0. The summed E-state index contributed by atoms with van der Waals surface area (Å²) in [6.45, 7) is 0.419. The molecule has 0 radical (unpaired) electrons. The van der Waals surface area contributed by atoms with Crippen LogP contribution in [0.2, 0.25) is 0 Å². The summed E-state index contributed by atoms with van der Waals surface area (Å²) in [6, 6.07) is 15.3. The summed E-state index contributed by atoms with van der Waals surface area (Å²) < 4.78 is 1.48. The Kier molecular flexibility index (Phi) is 4.74. The molecule has 4 heterocycles. The van der Waals surface area contributed by atoms with Gasteiger partial charge in [-0.05, 0) is 35.0 Å². The molecule has 0 saturated carbocycles. The number of thiophene rings is 2. The van der Waals surface area contributed by atoms with E-state index in [0.29, 0.717) is 28.7 Å². The summed E-state index contributed by atoms with van der Waals surface area (Å²) in [7, 11) is 0. The minimum Gasteiger partial charge on any atom is -0.383 e. The maximum atomic E-state index is 13.0. The van der Waals surface area contributed by atoms with Crippen molar-refractivity contribution >= 4 is 62.8 Å². The molecule has 148 valence electrons. The van der Waals surface area contributed by atoms with E-state index in [-0.39, 0.29) is 17.3 Å². The van der Waals surface area contributed by atoms with E-state index in [0.717, 1.165) is 9.75 Å². The van der Waals surface area contributed by atoms with Gasteiger partial charge in [0.05, 0.1) is 23.8 Å². The number of nitrogens with zero attached hydrogens (tertiary/aromatic N) is 4. The Balaban J connectivity index is 1.63. The van der Waals surface area contributed by atoms with Crippen molar-refractivity contribution in [3.05, 3.63) is 74.6 Å². The fraction of sp³-hybridized carbons (Fsp3) is 0.0476. The highest BCUT2D eigenvalue weighted by Gasteiger charge is 2.24. The van der Waals surface area contributed by atoms with Crippen LogP contribution in [0.3, 0.4) is 0 Å². The molecule has 0 aliphatic heterocycles. The SMILES string of the molecule is Nc1c(C(=O)NCc2cccs2)c2nc3ccccc3nc2n1/N=C/c1cccs1. The van der Waals surface area contributed by atoms with E-state index in [9.17, 15) is 4.79 Å². The van der Waals surface area contributed by atoms with Crippen LogP contribution in [0.25, 0.3) is 22.2 Å². The molecule has 0 fully saturated rings. The van der Waals surface area contributed by atoms with Crippen LogP contribution < -0.4 is 11.1 Å². The van der Waals surface area contributed by atoms with Gasteiger partial charge >= 0.3 is 0 Å². The van der Waals surface area contributed by atoms with Crippen molar-refractivity contribution in [1.29, 1.82) is 0 Å². The second-order valence-electron chi connectivity index (χ2n) is 6.48. The number of hydrogen-bond acceptors (Lipinski definition) is 7. The van der Waals surface area contributed by atoms with Crippen molar-refractivity contribution < 1.29 is 4.79 Å². The number of carbonyl (C=O) groups excluding carboxylic acids is 1.